The van der Waals surface area contributed by atoms with Gasteiger partial charge < -0.3 is 9.47 Å². The Morgan fingerprint density at radius 1 is 0.933 bits per heavy atom. The van der Waals surface area contributed by atoms with Crippen LogP contribution >= 0.6 is 0 Å². The van der Waals surface area contributed by atoms with Crippen molar-refractivity contribution in [2.75, 3.05) is 6.61 Å². The van der Waals surface area contributed by atoms with Gasteiger partial charge in [0.1, 0.15) is 6.61 Å². The summed E-state index contributed by atoms with van der Waals surface area (Å²) >= 11 is 0. The van der Waals surface area contributed by atoms with Crippen LogP contribution in [0.3, 0.4) is 0 Å². The van der Waals surface area contributed by atoms with Gasteiger partial charge in [0.25, 0.3) is 0 Å². The molecule has 2 aromatic carbocycles. The van der Waals surface area contributed by atoms with E-state index >= 15 is 0 Å². The summed E-state index contributed by atoms with van der Waals surface area (Å²) in [4.78, 5) is 25.5. The second kappa shape index (κ2) is 9.92. The zero-order valence-corrected chi connectivity index (χ0v) is 17.6. The van der Waals surface area contributed by atoms with Crippen LogP contribution in [-0.4, -0.2) is 23.2 Å². The van der Waals surface area contributed by atoms with Crippen LogP contribution in [0.5, 0.6) is 0 Å². The summed E-state index contributed by atoms with van der Waals surface area (Å²) in [7, 11) is 0. The number of rotatable bonds is 7. The minimum atomic E-state index is -0.510. The number of esters is 1. The summed E-state index contributed by atoms with van der Waals surface area (Å²) in [6.07, 6.45) is -0.502. The first-order valence-corrected chi connectivity index (χ1v) is 10.2. The SMILES string of the molecule is CCOC(=O)Cc1c(C(C)C)cc(-c2ccccc2)n1C(=O)OCc1ccccc1. The van der Waals surface area contributed by atoms with Crippen LogP contribution in [0.2, 0.25) is 0 Å². The molecular weight excluding hydrogens is 378 g/mol. The predicted octanol–water partition coefficient (Wildman–Crippen LogP) is 5.57. The molecule has 0 spiro atoms. The van der Waals surface area contributed by atoms with E-state index in [1.807, 2.05) is 80.6 Å². The van der Waals surface area contributed by atoms with Crippen molar-refractivity contribution in [3.8, 4) is 11.3 Å². The molecular formula is C25H27NO4. The monoisotopic (exact) mass is 405 g/mol. The van der Waals surface area contributed by atoms with Crippen LogP contribution in [0.1, 0.15) is 43.5 Å². The molecule has 0 aliphatic heterocycles. The molecule has 0 fully saturated rings. The summed E-state index contributed by atoms with van der Waals surface area (Å²) in [6, 6.07) is 21.1. The lowest BCUT2D eigenvalue weighted by molar-refractivity contribution is -0.142. The molecule has 0 amide bonds. The number of benzene rings is 2. The molecule has 1 aromatic heterocycles. The van der Waals surface area contributed by atoms with Gasteiger partial charge in [-0.05, 0) is 35.6 Å². The quantitative estimate of drug-likeness (QED) is 0.482. The largest absolute Gasteiger partial charge is 0.466 e. The molecule has 5 nitrogen and oxygen atoms in total. The zero-order chi connectivity index (χ0) is 21.5. The lowest BCUT2D eigenvalue weighted by Gasteiger charge is -2.14. The highest BCUT2D eigenvalue weighted by molar-refractivity contribution is 5.83. The van der Waals surface area contributed by atoms with Crippen molar-refractivity contribution in [2.24, 2.45) is 0 Å². The first kappa shape index (κ1) is 21.4. The third kappa shape index (κ3) is 4.98. The van der Waals surface area contributed by atoms with Crippen molar-refractivity contribution < 1.29 is 19.1 Å². The Hall–Kier alpha value is -3.34. The second-order valence-corrected chi connectivity index (χ2v) is 7.31. The Balaban J connectivity index is 2.03. The highest BCUT2D eigenvalue weighted by Gasteiger charge is 2.25. The van der Waals surface area contributed by atoms with E-state index in [1.165, 1.54) is 4.57 Å². The minimum Gasteiger partial charge on any atom is -0.466 e. The summed E-state index contributed by atoms with van der Waals surface area (Å²) in [5.74, 6) is -0.241. The molecule has 156 valence electrons. The van der Waals surface area contributed by atoms with E-state index in [0.717, 1.165) is 16.7 Å². The van der Waals surface area contributed by atoms with Crippen LogP contribution in [-0.2, 0) is 27.3 Å². The Bertz CT molecular complexity index is 991. The van der Waals surface area contributed by atoms with Gasteiger partial charge in [0.15, 0.2) is 0 Å². The minimum absolute atomic E-state index is 0.00856. The van der Waals surface area contributed by atoms with E-state index < -0.39 is 6.09 Å². The fourth-order valence-electron chi connectivity index (χ4n) is 3.41. The van der Waals surface area contributed by atoms with Crippen molar-refractivity contribution >= 4 is 12.1 Å². The number of aromatic nitrogens is 1. The van der Waals surface area contributed by atoms with E-state index in [2.05, 4.69) is 0 Å². The molecule has 30 heavy (non-hydrogen) atoms. The fraction of sp³-hybridized carbons (Fsp3) is 0.280. The van der Waals surface area contributed by atoms with Gasteiger partial charge in [-0.1, -0.05) is 74.5 Å². The highest BCUT2D eigenvalue weighted by Crippen LogP contribution is 2.31. The highest BCUT2D eigenvalue weighted by atomic mass is 16.5. The van der Waals surface area contributed by atoms with Crippen LogP contribution in [0.4, 0.5) is 4.79 Å². The van der Waals surface area contributed by atoms with Crippen molar-refractivity contribution in [3.63, 3.8) is 0 Å². The molecule has 0 unspecified atom stereocenters. The molecule has 0 radical (unpaired) electrons. The number of carbonyl (C=O) groups is 2. The molecule has 0 bridgehead atoms. The normalized spacial score (nSPS) is 10.8. The van der Waals surface area contributed by atoms with Crippen LogP contribution in [0.15, 0.2) is 66.7 Å². The molecule has 0 saturated carbocycles. The summed E-state index contributed by atoms with van der Waals surface area (Å²) in [6.45, 7) is 6.29. The zero-order valence-electron chi connectivity index (χ0n) is 17.6. The van der Waals surface area contributed by atoms with Crippen LogP contribution in [0, 0.1) is 0 Å². The Kier molecular flexibility index (Phi) is 7.07. The van der Waals surface area contributed by atoms with Crippen LogP contribution in [0.25, 0.3) is 11.3 Å². The molecule has 5 heteroatoms. The van der Waals surface area contributed by atoms with Crippen molar-refractivity contribution in [1.29, 1.82) is 0 Å². The first-order chi connectivity index (χ1) is 14.5. The molecule has 0 atom stereocenters. The number of hydrogen-bond acceptors (Lipinski definition) is 4. The second-order valence-electron chi connectivity index (χ2n) is 7.31. The number of carbonyl (C=O) groups excluding carboxylic acids is 2. The third-order valence-electron chi connectivity index (χ3n) is 4.83. The fourth-order valence-corrected chi connectivity index (χ4v) is 3.41. The van der Waals surface area contributed by atoms with Gasteiger partial charge in [0, 0.05) is 5.69 Å². The molecule has 0 aliphatic rings. The van der Waals surface area contributed by atoms with Gasteiger partial charge in [0.05, 0.1) is 18.7 Å². The van der Waals surface area contributed by atoms with Crippen molar-refractivity contribution in [1.82, 2.24) is 4.57 Å². The molecule has 0 aliphatic carbocycles. The number of hydrogen-bond donors (Lipinski definition) is 0. The first-order valence-electron chi connectivity index (χ1n) is 10.2. The summed E-state index contributed by atoms with van der Waals surface area (Å²) in [5, 5.41) is 0. The van der Waals surface area contributed by atoms with Gasteiger partial charge in [-0.2, -0.15) is 0 Å². The Morgan fingerprint density at radius 2 is 1.57 bits per heavy atom. The van der Waals surface area contributed by atoms with Gasteiger partial charge in [-0.15, -0.1) is 0 Å². The topological polar surface area (TPSA) is 57.5 Å². The van der Waals surface area contributed by atoms with E-state index in [4.69, 9.17) is 9.47 Å². The van der Waals surface area contributed by atoms with Gasteiger partial charge >= 0.3 is 12.1 Å². The van der Waals surface area contributed by atoms with Crippen molar-refractivity contribution in [3.05, 3.63) is 83.6 Å². The van der Waals surface area contributed by atoms with E-state index in [9.17, 15) is 9.59 Å². The van der Waals surface area contributed by atoms with Gasteiger partial charge in [-0.3, -0.25) is 4.79 Å². The van der Waals surface area contributed by atoms with E-state index in [0.29, 0.717) is 18.0 Å². The van der Waals surface area contributed by atoms with Crippen LogP contribution < -0.4 is 0 Å². The maximum Gasteiger partial charge on any atom is 0.419 e. The Morgan fingerprint density at radius 3 is 2.17 bits per heavy atom. The van der Waals surface area contributed by atoms with Crippen molar-refractivity contribution in [2.45, 2.75) is 39.7 Å². The standard InChI is InChI=1S/C25H27NO4/c1-4-29-24(27)16-23-21(18(2)3)15-22(20-13-9-6-10-14-20)26(23)25(28)30-17-19-11-7-5-8-12-19/h5-15,18H,4,16-17H2,1-3H3. The molecule has 3 aromatic rings. The molecule has 1 heterocycles. The van der Waals surface area contributed by atoms with E-state index in [-0.39, 0.29) is 24.9 Å². The third-order valence-corrected chi connectivity index (χ3v) is 4.83. The average molecular weight is 405 g/mol. The number of ether oxygens (including phenoxy) is 2. The maximum atomic E-state index is 13.2. The lowest BCUT2D eigenvalue weighted by atomic mass is 10.0. The summed E-state index contributed by atoms with van der Waals surface area (Å²) in [5.41, 5.74) is 4.03. The average Bonchev–Trinajstić information content (AvgIpc) is 3.13. The Labute approximate surface area is 177 Å². The molecule has 3 rings (SSSR count). The summed E-state index contributed by atoms with van der Waals surface area (Å²) < 4.78 is 12.3. The maximum absolute atomic E-state index is 13.2. The van der Waals surface area contributed by atoms with Gasteiger partial charge in [-0.25, -0.2) is 9.36 Å². The van der Waals surface area contributed by atoms with E-state index in [1.54, 1.807) is 6.92 Å². The number of nitrogens with zero attached hydrogens (tertiary/aromatic N) is 1. The van der Waals surface area contributed by atoms with Gasteiger partial charge in [0.2, 0.25) is 0 Å². The molecule has 0 saturated heterocycles. The lowest BCUT2D eigenvalue weighted by Crippen LogP contribution is -2.21. The predicted molar refractivity (Wildman–Crippen MR) is 116 cm³/mol. The molecule has 0 N–H and O–H groups in total. The smallest absolute Gasteiger partial charge is 0.419 e.